The molecule has 2 unspecified atom stereocenters. The molecule has 0 fully saturated rings. The molecule has 16 heavy (non-hydrogen) atoms. The van der Waals surface area contributed by atoms with Gasteiger partial charge in [0.15, 0.2) is 0 Å². The number of nitrogens with one attached hydrogen (secondary N) is 1. The van der Waals surface area contributed by atoms with Crippen LogP contribution >= 0.6 is 23.2 Å². The molecule has 1 aromatic carbocycles. The van der Waals surface area contributed by atoms with Crippen LogP contribution in [0.1, 0.15) is 19.4 Å². The number of hydrogen-bond donors (Lipinski definition) is 1. The summed E-state index contributed by atoms with van der Waals surface area (Å²) in [6, 6.07) is 4.66. The molecule has 0 radical (unpaired) electrons. The third-order valence-electron chi connectivity index (χ3n) is 2.72. The average Bonchev–Trinajstić information content (AvgIpc) is 2.28. The van der Waals surface area contributed by atoms with Crippen molar-refractivity contribution in [1.82, 2.24) is 5.32 Å². The zero-order chi connectivity index (χ0) is 12.1. The van der Waals surface area contributed by atoms with E-state index in [1.165, 1.54) is 12.1 Å². The minimum absolute atomic E-state index is 0.265. The first-order chi connectivity index (χ1) is 7.54. The van der Waals surface area contributed by atoms with Gasteiger partial charge in [-0.2, -0.15) is 0 Å². The topological polar surface area (TPSA) is 12.0 Å². The Hall–Kier alpha value is -0.310. The number of halogens is 3. The van der Waals surface area contributed by atoms with Gasteiger partial charge in [-0.25, -0.2) is 4.39 Å². The summed E-state index contributed by atoms with van der Waals surface area (Å²) in [7, 11) is 0. The van der Waals surface area contributed by atoms with Gasteiger partial charge in [0.05, 0.1) is 0 Å². The molecule has 0 spiro atoms. The van der Waals surface area contributed by atoms with Gasteiger partial charge in [-0.3, -0.25) is 0 Å². The Labute approximate surface area is 106 Å². The summed E-state index contributed by atoms with van der Waals surface area (Å²) in [5, 5.41) is 3.87. The second-order valence-corrected chi connectivity index (χ2v) is 4.75. The summed E-state index contributed by atoms with van der Waals surface area (Å²) < 4.78 is 13.0. The van der Waals surface area contributed by atoms with Gasteiger partial charge in [-0.1, -0.05) is 18.5 Å². The van der Waals surface area contributed by atoms with Gasteiger partial charge in [0.2, 0.25) is 0 Å². The molecule has 90 valence electrons. The lowest BCUT2D eigenvalue weighted by atomic mass is 10.1. The second kappa shape index (κ2) is 6.43. The summed E-state index contributed by atoms with van der Waals surface area (Å²) in [6.07, 6.45) is 0. The van der Waals surface area contributed by atoms with Gasteiger partial charge in [0.1, 0.15) is 5.82 Å². The van der Waals surface area contributed by atoms with E-state index in [1.54, 1.807) is 6.07 Å². The molecule has 0 aromatic heterocycles. The lowest BCUT2D eigenvalue weighted by molar-refractivity contribution is 0.429. The van der Waals surface area contributed by atoms with Crippen LogP contribution in [0.2, 0.25) is 5.02 Å². The molecule has 0 aliphatic rings. The third kappa shape index (κ3) is 3.93. The van der Waals surface area contributed by atoms with Crippen LogP contribution in [0.15, 0.2) is 18.2 Å². The second-order valence-electron chi connectivity index (χ2n) is 4.04. The van der Waals surface area contributed by atoms with Gasteiger partial charge in [-0.15, -0.1) is 11.6 Å². The molecule has 0 amide bonds. The molecule has 0 aliphatic heterocycles. The molecule has 1 nitrogen and oxygen atoms in total. The van der Waals surface area contributed by atoms with Gasteiger partial charge in [0, 0.05) is 23.5 Å². The maximum absolute atomic E-state index is 13.0. The van der Waals surface area contributed by atoms with Crippen LogP contribution in [0, 0.1) is 11.7 Å². The van der Waals surface area contributed by atoms with E-state index in [2.05, 4.69) is 19.2 Å². The Balaban J connectivity index is 2.57. The molecule has 0 bridgehead atoms. The molecule has 1 N–H and O–H groups in total. The smallest absolute Gasteiger partial charge is 0.123 e. The van der Waals surface area contributed by atoms with Crippen LogP contribution in [0.25, 0.3) is 0 Å². The van der Waals surface area contributed by atoms with Crippen LogP contribution in [0.5, 0.6) is 0 Å². The highest BCUT2D eigenvalue weighted by Gasteiger charge is 2.11. The largest absolute Gasteiger partial charge is 0.310 e. The monoisotopic (exact) mass is 263 g/mol. The molecular weight excluding hydrogens is 248 g/mol. The maximum atomic E-state index is 13.0. The summed E-state index contributed by atoms with van der Waals surface area (Å²) in [4.78, 5) is 0. The number of rotatable bonds is 5. The van der Waals surface area contributed by atoms with Crippen LogP contribution in [0.4, 0.5) is 4.39 Å². The van der Waals surface area contributed by atoms with E-state index in [0.717, 1.165) is 5.56 Å². The van der Waals surface area contributed by atoms with Crippen molar-refractivity contribution in [2.75, 3.05) is 5.88 Å². The minimum atomic E-state index is -0.265. The van der Waals surface area contributed by atoms with Crippen LogP contribution in [0.3, 0.4) is 0 Å². The van der Waals surface area contributed by atoms with E-state index in [-0.39, 0.29) is 11.9 Å². The zero-order valence-electron chi connectivity index (χ0n) is 9.43. The maximum Gasteiger partial charge on any atom is 0.123 e. The molecule has 1 rings (SSSR count). The first-order valence-electron chi connectivity index (χ1n) is 5.28. The Bertz CT molecular complexity index is 344. The van der Waals surface area contributed by atoms with E-state index >= 15 is 0 Å². The summed E-state index contributed by atoms with van der Waals surface area (Å²) >= 11 is 11.7. The zero-order valence-corrected chi connectivity index (χ0v) is 10.9. The molecule has 0 aliphatic carbocycles. The fourth-order valence-electron chi connectivity index (χ4n) is 1.28. The predicted molar refractivity (Wildman–Crippen MR) is 67.6 cm³/mol. The Morgan fingerprint density at radius 1 is 1.38 bits per heavy atom. The predicted octanol–water partition coefficient (Wildman–Crippen LogP) is 3.83. The van der Waals surface area contributed by atoms with Crippen molar-refractivity contribution in [3.63, 3.8) is 0 Å². The van der Waals surface area contributed by atoms with Crippen molar-refractivity contribution in [2.45, 2.75) is 26.4 Å². The molecule has 4 heteroatoms. The third-order valence-corrected chi connectivity index (χ3v) is 3.57. The Morgan fingerprint density at radius 2 is 2.06 bits per heavy atom. The highest BCUT2D eigenvalue weighted by atomic mass is 35.5. The average molecular weight is 264 g/mol. The summed E-state index contributed by atoms with van der Waals surface area (Å²) in [6.45, 7) is 4.68. The molecule has 0 heterocycles. The molecule has 1 aromatic rings. The van der Waals surface area contributed by atoms with Crippen molar-refractivity contribution in [3.8, 4) is 0 Å². The van der Waals surface area contributed by atoms with E-state index in [0.29, 0.717) is 23.4 Å². The minimum Gasteiger partial charge on any atom is -0.310 e. The van der Waals surface area contributed by atoms with Crippen LogP contribution in [-0.2, 0) is 6.54 Å². The first kappa shape index (κ1) is 13.8. The number of benzene rings is 1. The highest BCUT2D eigenvalue weighted by molar-refractivity contribution is 6.31. The van der Waals surface area contributed by atoms with E-state index in [9.17, 15) is 4.39 Å². The van der Waals surface area contributed by atoms with Crippen molar-refractivity contribution < 1.29 is 4.39 Å². The van der Waals surface area contributed by atoms with E-state index < -0.39 is 0 Å². The highest BCUT2D eigenvalue weighted by Crippen LogP contribution is 2.17. The van der Waals surface area contributed by atoms with E-state index in [4.69, 9.17) is 23.2 Å². The van der Waals surface area contributed by atoms with Gasteiger partial charge < -0.3 is 5.32 Å². The van der Waals surface area contributed by atoms with Crippen LogP contribution in [-0.4, -0.2) is 11.9 Å². The normalized spacial score (nSPS) is 14.8. The van der Waals surface area contributed by atoms with Gasteiger partial charge in [-0.05, 0) is 36.6 Å². The van der Waals surface area contributed by atoms with Crippen LogP contribution < -0.4 is 5.32 Å². The lowest BCUT2D eigenvalue weighted by Gasteiger charge is -2.19. The molecular formula is C12H16Cl2FN. The first-order valence-corrected chi connectivity index (χ1v) is 6.19. The molecule has 2 atom stereocenters. The molecule has 0 saturated carbocycles. The fraction of sp³-hybridized carbons (Fsp3) is 0.500. The van der Waals surface area contributed by atoms with Gasteiger partial charge in [0.25, 0.3) is 0 Å². The summed E-state index contributed by atoms with van der Waals surface area (Å²) in [5.74, 6) is 0.707. The standard InChI is InChI=1S/C12H16Cl2FN/c1-8(6-13)9(2)16-7-10-5-11(15)3-4-12(10)14/h3-5,8-9,16H,6-7H2,1-2H3. The van der Waals surface area contributed by atoms with Crippen molar-refractivity contribution >= 4 is 23.2 Å². The van der Waals surface area contributed by atoms with Crippen molar-refractivity contribution in [3.05, 3.63) is 34.6 Å². The summed E-state index contributed by atoms with van der Waals surface area (Å²) in [5.41, 5.74) is 0.773. The van der Waals surface area contributed by atoms with Crippen molar-refractivity contribution in [1.29, 1.82) is 0 Å². The Kier molecular flexibility index (Phi) is 5.53. The lowest BCUT2D eigenvalue weighted by Crippen LogP contribution is -2.32. The molecule has 0 saturated heterocycles. The van der Waals surface area contributed by atoms with Gasteiger partial charge >= 0.3 is 0 Å². The number of hydrogen-bond acceptors (Lipinski definition) is 1. The quantitative estimate of drug-likeness (QED) is 0.797. The Morgan fingerprint density at radius 3 is 2.69 bits per heavy atom. The van der Waals surface area contributed by atoms with Crippen molar-refractivity contribution in [2.24, 2.45) is 5.92 Å². The SMILES string of the molecule is CC(CCl)C(C)NCc1cc(F)ccc1Cl. The number of alkyl halides is 1. The fourth-order valence-corrected chi connectivity index (χ4v) is 1.74. The van der Waals surface area contributed by atoms with E-state index in [1.807, 2.05) is 0 Å².